The van der Waals surface area contributed by atoms with E-state index in [-0.39, 0.29) is 17.6 Å². The van der Waals surface area contributed by atoms with Crippen molar-refractivity contribution >= 4 is 34.0 Å². The summed E-state index contributed by atoms with van der Waals surface area (Å²) in [4.78, 5) is 8.69. The molecule has 1 aromatic heterocycles. The Bertz CT molecular complexity index is 809. The van der Waals surface area contributed by atoms with Gasteiger partial charge in [-0.2, -0.15) is 0 Å². The number of benzene rings is 1. The number of nitrogens with two attached hydrogens (primary N) is 1. The van der Waals surface area contributed by atoms with E-state index in [0.29, 0.717) is 27.7 Å². The molecule has 0 amide bonds. The minimum Gasteiger partial charge on any atom is -0.489 e. The summed E-state index contributed by atoms with van der Waals surface area (Å²) in [6.45, 7) is 5.44. The first-order valence-corrected chi connectivity index (χ1v) is 8.81. The summed E-state index contributed by atoms with van der Waals surface area (Å²) in [5, 5.41) is 11.0. The zero-order chi connectivity index (χ0) is 18.6. The maximum Gasteiger partial charge on any atom is 0.145 e. The van der Waals surface area contributed by atoms with Crippen molar-refractivity contribution in [3.8, 4) is 5.75 Å². The van der Waals surface area contributed by atoms with Gasteiger partial charge in [0.05, 0.1) is 22.3 Å². The molecule has 1 atom stereocenters. The molecule has 2 aromatic rings. The fraction of sp³-hybridized carbons (Fsp3) is 0.312. The first kappa shape index (κ1) is 18.8. The van der Waals surface area contributed by atoms with Crippen molar-refractivity contribution in [1.82, 2.24) is 14.7 Å². The molecule has 0 spiro atoms. The van der Waals surface area contributed by atoms with Gasteiger partial charge in [-0.1, -0.05) is 0 Å². The largest absolute Gasteiger partial charge is 0.489 e. The number of aromatic nitrogens is 2. The average molecular weight is 362 g/mol. The fourth-order valence-corrected chi connectivity index (χ4v) is 2.84. The van der Waals surface area contributed by atoms with E-state index in [0.717, 1.165) is 0 Å². The number of hydrogen-bond acceptors (Lipinski definition) is 7. The lowest BCUT2D eigenvalue weighted by Crippen LogP contribution is -2.13. The van der Waals surface area contributed by atoms with E-state index >= 15 is 0 Å². The Labute approximate surface area is 149 Å². The first-order chi connectivity index (χ1) is 11.8. The van der Waals surface area contributed by atoms with Gasteiger partial charge in [0.25, 0.3) is 0 Å². The highest BCUT2D eigenvalue weighted by Crippen LogP contribution is 2.32. The maximum absolute atomic E-state index is 12.0. The highest BCUT2D eigenvalue weighted by Gasteiger charge is 2.15. The molecule has 0 bridgehead atoms. The standard InChI is InChI=1S/C16H22N6O2S/c1-9(2)24-13-6-5-11(25(23)19-4)7-12(13)22-16-14(10(3)17)15(18)20-8-21-16/h5-9,17,19H,1-4H3,(H3,18,20,21,22). The van der Waals surface area contributed by atoms with E-state index in [1.54, 1.807) is 32.2 Å². The van der Waals surface area contributed by atoms with Gasteiger partial charge in [0.2, 0.25) is 0 Å². The van der Waals surface area contributed by atoms with Gasteiger partial charge in [-0.3, -0.25) is 0 Å². The van der Waals surface area contributed by atoms with Crippen LogP contribution in [-0.4, -0.2) is 33.0 Å². The third kappa shape index (κ3) is 4.52. The predicted molar refractivity (Wildman–Crippen MR) is 99.9 cm³/mol. The Morgan fingerprint density at radius 3 is 2.68 bits per heavy atom. The van der Waals surface area contributed by atoms with Crippen LogP contribution < -0.4 is 20.5 Å². The molecule has 0 aliphatic rings. The number of nitrogen functional groups attached to an aromatic ring is 1. The number of hydrogen-bond donors (Lipinski definition) is 4. The van der Waals surface area contributed by atoms with E-state index in [2.05, 4.69) is 20.0 Å². The lowest BCUT2D eigenvalue weighted by Gasteiger charge is -2.18. The molecular formula is C16H22N6O2S. The second kappa shape index (κ2) is 8.04. The number of anilines is 3. The summed E-state index contributed by atoms with van der Waals surface area (Å²) < 4.78 is 20.5. The van der Waals surface area contributed by atoms with Crippen LogP contribution >= 0.6 is 0 Å². The highest BCUT2D eigenvalue weighted by molar-refractivity contribution is 7.83. The summed E-state index contributed by atoms with van der Waals surface area (Å²) in [6.07, 6.45) is 1.28. The van der Waals surface area contributed by atoms with Gasteiger partial charge >= 0.3 is 0 Å². The van der Waals surface area contributed by atoms with Gasteiger partial charge in [-0.25, -0.2) is 18.9 Å². The Morgan fingerprint density at radius 2 is 2.08 bits per heavy atom. The minimum absolute atomic E-state index is 0.0411. The van der Waals surface area contributed by atoms with Crippen LogP contribution in [0.25, 0.3) is 0 Å². The molecule has 1 heterocycles. The molecular weight excluding hydrogens is 340 g/mol. The maximum atomic E-state index is 12.0. The summed E-state index contributed by atoms with van der Waals surface area (Å²) in [5.74, 6) is 1.19. The van der Waals surface area contributed by atoms with Crippen LogP contribution in [0.15, 0.2) is 29.4 Å². The van der Waals surface area contributed by atoms with Crippen LogP contribution in [-0.2, 0) is 11.0 Å². The normalized spacial score (nSPS) is 12.0. The molecule has 2 rings (SSSR count). The van der Waals surface area contributed by atoms with Crippen molar-refractivity contribution in [1.29, 1.82) is 5.41 Å². The van der Waals surface area contributed by atoms with E-state index in [9.17, 15) is 4.21 Å². The SMILES string of the molecule is CNS(=O)c1ccc(OC(C)C)c(Nc2ncnc(N)c2C(C)=N)c1. The molecule has 25 heavy (non-hydrogen) atoms. The Kier molecular flexibility index (Phi) is 6.05. The molecule has 0 radical (unpaired) electrons. The van der Waals surface area contributed by atoms with Crippen molar-refractivity contribution in [2.75, 3.05) is 18.1 Å². The van der Waals surface area contributed by atoms with Crippen molar-refractivity contribution in [3.63, 3.8) is 0 Å². The fourth-order valence-electron chi connectivity index (χ4n) is 2.19. The first-order valence-electron chi connectivity index (χ1n) is 7.66. The molecule has 0 saturated heterocycles. The predicted octanol–water partition coefficient (Wildman–Crippen LogP) is 2.22. The summed E-state index contributed by atoms with van der Waals surface area (Å²) >= 11 is 0. The van der Waals surface area contributed by atoms with Crippen molar-refractivity contribution in [3.05, 3.63) is 30.1 Å². The molecule has 9 heteroatoms. The van der Waals surface area contributed by atoms with E-state index in [1.165, 1.54) is 6.33 Å². The van der Waals surface area contributed by atoms with Gasteiger partial charge in [-0.05, 0) is 46.0 Å². The smallest absolute Gasteiger partial charge is 0.145 e. The molecule has 5 N–H and O–H groups in total. The molecule has 0 saturated carbocycles. The Balaban J connectivity index is 2.51. The second-order valence-corrected chi connectivity index (χ2v) is 6.95. The van der Waals surface area contributed by atoms with Crippen molar-refractivity contribution in [2.24, 2.45) is 0 Å². The van der Waals surface area contributed by atoms with Gasteiger partial charge in [0.1, 0.15) is 34.7 Å². The molecule has 0 aliphatic carbocycles. The topological polar surface area (TPSA) is 126 Å². The van der Waals surface area contributed by atoms with Crippen LogP contribution in [0.3, 0.4) is 0 Å². The van der Waals surface area contributed by atoms with Crippen LogP contribution in [0, 0.1) is 5.41 Å². The van der Waals surface area contributed by atoms with Gasteiger partial charge in [-0.15, -0.1) is 0 Å². The van der Waals surface area contributed by atoms with E-state index < -0.39 is 11.0 Å². The quantitative estimate of drug-likeness (QED) is 0.560. The van der Waals surface area contributed by atoms with Crippen LogP contribution in [0.5, 0.6) is 5.75 Å². The number of nitrogens with one attached hydrogen (secondary N) is 3. The van der Waals surface area contributed by atoms with Gasteiger partial charge < -0.3 is 21.2 Å². The molecule has 0 aliphatic heterocycles. The van der Waals surface area contributed by atoms with Crippen LogP contribution in [0.2, 0.25) is 0 Å². The van der Waals surface area contributed by atoms with Crippen LogP contribution in [0.1, 0.15) is 26.3 Å². The Hall–Kier alpha value is -2.52. The number of nitrogens with zero attached hydrogens (tertiary/aromatic N) is 2. The summed E-state index contributed by atoms with van der Waals surface area (Å²) in [6, 6.07) is 5.19. The van der Waals surface area contributed by atoms with Crippen molar-refractivity contribution < 1.29 is 8.95 Å². The molecule has 0 fully saturated rings. The summed E-state index contributed by atoms with van der Waals surface area (Å²) in [7, 11) is 0.271. The van der Waals surface area contributed by atoms with E-state index in [4.69, 9.17) is 15.9 Å². The summed E-state index contributed by atoms with van der Waals surface area (Å²) in [5.41, 5.74) is 7.10. The minimum atomic E-state index is -1.34. The van der Waals surface area contributed by atoms with Crippen LogP contribution in [0.4, 0.5) is 17.3 Å². The zero-order valence-electron chi connectivity index (χ0n) is 14.6. The van der Waals surface area contributed by atoms with Crippen molar-refractivity contribution in [2.45, 2.75) is 31.8 Å². The highest BCUT2D eigenvalue weighted by atomic mass is 32.2. The average Bonchev–Trinajstić information content (AvgIpc) is 2.55. The Morgan fingerprint density at radius 1 is 1.36 bits per heavy atom. The van der Waals surface area contributed by atoms with Gasteiger partial charge in [0.15, 0.2) is 0 Å². The third-order valence-electron chi connectivity index (χ3n) is 3.22. The second-order valence-electron chi connectivity index (χ2n) is 5.53. The monoisotopic (exact) mass is 362 g/mol. The number of ether oxygens (including phenoxy) is 1. The molecule has 1 unspecified atom stereocenters. The molecule has 8 nitrogen and oxygen atoms in total. The molecule has 134 valence electrons. The third-order valence-corrected chi connectivity index (χ3v) is 4.27. The molecule has 1 aromatic carbocycles. The lowest BCUT2D eigenvalue weighted by atomic mass is 10.2. The number of rotatable bonds is 7. The lowest BCUT2D eigenvalue weighted by molar-refractivity contribution is 0.243. The zero-order valence-corrected chi connectivity index (χ0v) is 15.4. The van der Waals surface area contributed by atoms with E-state index in [1.807, 2.05) is 13.8 Å². The van der Waals surface area contributed by atoms with Gasteiger partial charge in [0, 0.05) is 5.71 Å².